The SMILES string of the molecule is CN=CC(=C(N)/C=C/c1cccnc1)c1cnc2ccc(Nc3cc(C(C)C)cnn3)nc2c1. The molecule has 0 radical (unpaired) electrons. The lowest BCUT2D eigenvalue weighted by Crippen LogP contribution is -2.02. The van der Waals surface area contributed by atoms with Crippen LogP contribution in [0.1, 0.15) is 36.5 Å². The quantitative estimate of drug-likeness (QED) is 0.308. The Morgan fingerprint density at radius 1 is 1.06 bits per heavy atom. The lowest BCUT2D eigenvalue weighted by molar-refractivity contribution is 0.843. The molecule has 4 rings (SSSR count). The van der Waals surface area contributed by atoms with Gasteiger partial charge in [-0.25, -0.2) is 4.98 Å². The van der Waals surface area contributed by atoms with Crippen molar-refractivity contribution in [1.82, 2.24) is 25.1 Å². The van der Waals surface area contributed by atoms with Gasteiger partial charge in [0.25, 0.3) is 0 Å². The summed E-state index contributed by atoms with van der Waals surface area (Å²) >= 11 is 0. The maximum absolute atomic E-state index is 6.40. The molecular formula is C26H26N8. The minimum Gasteiger partial charge on any atom is -0.398 e. The first-order chi connectivity index (χ1) is 16.5. The van der Waals surface area contributed by atoms with Gasteiger partial charge < -0.3 is 11.1 Å². The van der Waals surface area contributed by atoms with Gasteiger partial charge in [-0.1, -0.05) is 26.0 Å². The maximum atomic E-state index is 6.40. The van der Waals surface area contributed by atoms with Crippen LogP contribution < -0.4 is 11.1 Å². The number of anilines is 2. The molecule has 3 N–H and O–H groups in total. The fraction of sp³-hybridized carbons (Fsp3) is 0.154. The van der Waals surface area contributed by atoms with Crippen LogP contribution in [0.5, 0.6) is 0 Å². The van der Waals surface area contributed by atoms with Crippen molar-refractivity contribution in [3.63, 3.8) is 0 Å². The molecule has 0 bridgehead atoms. The number of fused-ring (bicyclic) bond motifs is 1. The summed E-state index contributed by atoms with van der Waals surface area (Å²) in [5, 5.41) is 11.5. The van der Waals surface area contributed by atoms with Crippen molar-refractivity contribution >= 4 is 40.5 Å². The van der Waals surface area contributed by atoms with Gasteiger partial charge >= 0.3 is 0 Å². The van der Waals surface area contributed by atoms with E-state index in [0.29, 0.717) is 23.3 Å². The molecule has 0 amide bonds. The van der Waals surface area contributed by atoms with Gasteiger partial charge in [-0.2, -0.15) is 5.10 Å². The highest BCUT2D eigenvalue weighted by Crippen LogP contribution is 2.23. The Morgan fingerprint density at radius 3 is 2.71 bits per heavy atom. The molecule has 0 aliphatic carbocycles. The summed E-state index contributed by atoms with van der Waals surface area (Å²) in [6.07, 6.45) is 12.5. The van der Waals surface area contributed by atoms with E-state index in [4.69, 9.17) is 10.7 Å². The Labute approximate surface area is 198 Å². The second-order valence-electron chi connectivity index (χ2n) is 7.99. The fourth-order valence-corrected chi connectivity index (χ4v) is 3.31. The van der Waals surface area contributed by atoms with Crippen LogP contribution in [0.25, 0.3) is 22.7 Å². The minimum absolute atomic E-state index is 0.357. The Balaban J connectivity index is 1.67. The predicted molar refractivity (Wildman–Crippen MR) is 138 cm³/mol. The summed E-state index contributed by atoms with van der Waals surface area (Å²) in [7, 11) is 1.71. The van der Waals surface area contributed by atoms with Crippen molar-refractivity contribution in [2.45, 2.75) is 19.8 Å². The molecule has 0 saturated heterocycles. The zero-order chi connectivity index (χ0) is 23.9. The van der Waals surface area contributed by atoms with Gasteiger partial charge in [0.05, 0.1) is 17.2 Å². The van der Waals surface area contributed by atoms with E-state index in [0.717, 1.165) is 33.3 Å². The highest BCUT2D eigenvalue weighted by Gasteiger charge is 2.09. The van der Waals surface area contributed by atoms with Crippen LogP contribution in [0, 0.1) is 0 Å². The van der Waals surface area contributed by atoms with Crippen LogP contribution in [0.2, 0.25) is 0 Å². The average Bonchev–Trinajstić information content (AvgIpc) is 2.86. The average molecular weight is 451 g/mol. The molecule has 8 heteroatoms. The maximum Gasteiger partial charge on any atom is 0.154 e. The zero-order valence-corrected chi connectivity index (χ0v) is 19.3. The highest BCUT2D eigenvalue weighted by atomic mass is 15.2. The van der Waals surface area contributed by atoms with Gasteiger partial charge in [0.1, 0.15) is 5.82 Å². The molecule has 0 unspecified atom stereocenters. The summed E-state index contributed by atoms with van der Waals surface area (Å²) < 4.78 is 0. The summed E-state index contributed by atoms with van der Waals surface area (Å²) in [6.45, 7) is 4.23. The summed E-state index contributed by atoms with van der Waals surface area (Å²) in [5.74, 6) is 1.65. The van der Waals surface area contributed by atoms with Crippen molar-refractivity contribution < 1.29 is 0 Å². The van der Waals surface area contributed by atoms with Gasteiger partial charge in [-0.3, -0.25) is 15.0 Å². The molecule has 170 valence electrons. The number of allylic oxidation sites excluding steroid dienone is 2. The molecule has 0 fully saturated rings. The van der Waals surface area contributed by atoms with E-state index in [9.17, 15) is 0 Å². The third-order valence-corrected chi connectivity index (χ3v) is 5.16. The predicted octanol–water partition coefficient (Wildman–Crippen LogP) is 4.77. The van der Waals surface area contributed by atoms with E-state index in [1.54, 1.807) is 38.0 Å². The number of nitrogens with two attached hydrogens (primary N) is 1. The molecule has 0 aliphatic heterocycles. The second-order valence-corrected chi connectivity index (χ2v) is 7.99. The van der Waals surface area contributed by atoms with Crippen molar-refractivity contribution in [2.75, 3.05) is 12.4 Å². The van der Waals surface area contributed by atoms with Crippen molar-refractivity contribution in [1.29, 1.82) is 0 Å². The van der Waals surface area contributed by atoms with Crippen LogP contribution in [-0.2, 0) is 0 Å². The van der Waals surface area contributed by atoms with Crippen molar-refractivity contribution in [2.24, 2.45) is 10.7 Å². The van der Waals surface area contributed by atoms with Crippen molar-refractivity contribution in [3.05, 3.63) is 89.6 Å². The van der Waals surface area contributed by atoms with Crippen LogP contribution in [0.3, 0.4) is 0 Å². The molecule has 0 aliphatic rings. The molecule has 4 aromatic rings. The Bertz CT molecular complexity index is 1370. The Kier molecular flexibility index (Phi) is 6.98. The number of rotatable bonds is 7. The Hall–Kier alpha value is -4.46. The third-order valence-electron chi connectivity index (χ3n) is 5.16. The summed E-state index contributed by atoms with van der Waals surface area (Å²) in [4.78, 5) is 17.6. The second kappa shape index (κ2) is 10.4. The molecule has 0 saturated carbocycles. The topological polar surface area (TPSA) is 115 Å². The normalized spacial score (nSPS) is 12.6. The van der Waals surface area contributed by atoms with Crippen LogP contribution >= 0.6 is 0 Å². The number of nitrogens with zero attached hydrogens (tertiary/aromatic N) is 6. The number of hydrogen-bond acceptors (Lipinski definition) is 8. The first-order valence-corrected chi connectivity index (χ1v) is 10.9. The smallest absolute Gasteiger partial charge is 0.154 e. The van der Waals surface area contributed by atoms with E-state index in [-0.39, 0.29) is 0 Å². The van der Waals surface area contributed by atoms with E-state index in [1.807, 2.05) is 48.6 Å². The third kappa shape index (κ3) is 5.47. The number of nitrogens with one attached hydrogen (secondary N) is 1. The lowest BCUT2D eigenvalue weighted by Gasteiger charge is -2.10. The Morgan fingerprint density at radius 2 is 1.94 bits per heavy atom. The van der Waals surface area contributed by atoms with E-state index < -0.39 is 0 Å². The van der Waals surface area contributed by atoms with Gasteiger partial charge in [0.15, 0.2) is 5.82 Å². The number of aromatic nitrogens is 5. The molecule has 34 heavy (non-hydrogen) atoms. The van der Waals surface area contributed by atoms with Crippen molar-refractivity contribution in [3.8, 4) is 0 Å². The van der Waals surface area contributed by atoms with Crippen LogP contribution in [-0.4, -0.2) is 38.4 Å². The molecule has 4 aromatic heterocycles. The first kappa shape index (κ1) is 22.7. The van der Waals surface area contributed by atoms with Crippen LogP contribution in [0.4, 0.5) is 11.6 Å². The number of hydrogen-bond donors (Lipinski definition) is 2. The first-order valence-electron chi connectivity index (χ1n) is 10.9. The summed E-state index contributed by atoms with van der Waals surface area (Å²) in [5.41, 5.74) is 12.1. The minimum atomic E-state index is 0.357. The highest BCUT2D eigenvalue weighted by molar-refractivity contribution is 6.12. The molecule has 8 nitrogen and oxygen atoms in total. The zero-order valence-electron chi connectivity index (χ0n) is 19.3. The van der Waals surface area contributed by atoms with E-state index >= 15 is 0 Å². The standard InChI is InChI=1S/C26H26N8/c1-17(2)19-12-26(34-31-15-19)33-25-9-8-23-24(32-25)11-20(14-30-23)21(16-28-3)22(27)7-6-18-5-4-10-29-13-18/h4-17H,27H2,1-3H3,(H,32,33,34)/b7-6+,22-21?,28-16?. The monoisotopic (exact) mass is 450 g/mol. The fourth-order valence-electron chi connectivity index (χ4n) is 3.31. The van der Waals surface area contributed by atoms with Gasteiger partial charge in [-0.05, 0) is 53.5 Å². The molecular weight excluding hydrogens is 424 g/mol. The van der Waals surface area contributed by atoms with Crippen LogP contribution in [0.15, 0.2) is 78.0 Å². The summed E-state index contributed by atoms with van der Waals surface area (Å²) in [6, 6.07) is 11.5. The van der Waals surface area contributed by atoms with Gasteiger partial charge in [-0.15, -0.1) is 5.10 Å². The van der Waals surface area contributed by atoms with Gasteiger partial charge in [0.2, 0.25) is 0 Å². The molecule has 0 spiro atoms. The van der Waals surface area contributed by atoms with E-state index in [2.05, 4.69) is 44.3 Å². The largest absolute Gasteiger partial charge is 0.398 e. The number of aliphatic imine (C=N–C) groups is 1. The van der Waals surface area contributed by atoms with E-state index in [1.165, 1.54) is 0 Å². The molecule has 4 heterocycles. The molecule has 0 aromatic carbocycles. The van der Waals surface area contributed by atoms with Gasteiger partial charge in [0, 0.05) is 48.7 Å². The molecule has 0 atom stereocenters. The lowest BCUT2D eigenvalue weighted by atomic mass is 10.1. The number of pyridine rings is 3.